The Labute approximate surface area is 238 Å². The molecule has 0 atom stereocenters. The molecule has 1 aromatic heterocycles. The van der Waals surface area contributed by atoms with Crippen LogP contribution in [0.5, 0.6) is 0 Å². The molecule has 1 fully saturated rings. The number of thiazole rings is 1. The van der Waals surface area contributed by atoms with E-state index >= 15 is 0 Å². The van der Waals surface area contributed by atoms with E-state index in [1.54, 1.807) is 48.5 Å². The highest BCUT2D eigenvalue weighted by atomic mass is 32.2. The summed E-state index contributed by atoms with van der Waals surface area (Å²) in [4.78, 5) is 67.2. The van der Waals surface area contributed by atoms with Crippen LogP contribution in [0.15, 0.2) is 75.5 Å². The number of nitrogens with zero attached hydrogens (tertiary/aromatic N) is 3. The van der Waals surface area contributed by atoms with Crippen molar-refractivity contribution in [1.29, 1.82) is 0 Å². The van der Waals surface area contributed by atoms with Gasteiger partial charge in [0, 0.05) is 6.07 Å². The number of anilines is 1. The molecule has 11 nitrogen and oxygen atoms in total. The van der Waals surface area contributed by atoms with Crippen LogP contribution in [0.2, 0.25) is 0 Å². The number of aromatic nitrogens is 1. The van der Waals surface area contributed by atoms with Crippen LogP contribution in [0.4, 0.5) is 11.4 Å². The van der Waals surface area contributed by atoms with Crippen molar-refractivity contribution in [3.05, 3.63) is 93.0 Å². The number of imide groups is 1. The van der Waals surface area contributed by atoms with E-state index in [4.69, 9.17) is 12.2 Å². The second-order valence-electron chi connectivity index (χ2n) is 8.50. The Hall–Kier alpha value is -4.79. The van der Waals surface area contributed by atoms with Gasteiger partial charge in [-0.2, -0.15) is 0 Å². The summed E-state index contributed by atoms with van der Waals surface area (Å²) in [5, 5.41) is 16.4. The van der Waals surface area contributed by atoms with Gasteiger partial charge < -0.3 is 0 Å². The molecule has 2 aliphatic rings. The maximum atomic E-state index is 12.9. The van der Waals surface area contributed by atoms with Crippen molar-refractivity contribution in [2.45, 2.75) is 9.24 Å². The van der Waals surface area contributed by atoms with E-state index < -0.39 is 28.6 Å². The first kappa shape index (κ1) is 25.5. The third-order valence-electron chi connectivity index (χ3n) is 6.04. The summed E-state index contributed by atoms with van der Waals surface area (Å²) >= 11 is 7.11. The van der Waals surface area contributed by atoms with Crippen LogP contribution in [0, 0.1) is 10.1 Å². The van der Waals surface area contributed by atoms with Crippen molar-refractivity contribution in [3.8, 4) is 0 Å². The van der Waals surface area contributed by atoms with Crippen molar-refractivity contribution in [2.75, 3.05) is 4.90 Å². The van der Waals surface area contributed by atoms with Crippen LogP contribution in [0.3, 0.4) is 0 Å². The normalized spacial score (nSPS) is 14.8. The first-order valence-electron chi connectivity index (χ1n) is 11.4. The van der Waals surface area contributed by atoms with Crippen molar-refractivity contribution in [2.24, 2.45) is 0 Å². The first-order chi connectivity index (χ1) is 19.2. The molecule has 40 heavy (non-hydrogen) atoms. The summed E-state index contributed by atoms with van der Waals surface area (Å²) in [5.74, 6) is -2.22. The molecule has 6 rings (SSSR count). The number of carbonyl (C=O) groups is 4. The number of nitro benzene ring substituents is 1. The van der Waals surface area contributed by atoms with E-state index in [1.165, 1.54) is 29.5 Å². The zero-order chi connectivity index (χ0) is 28.1. The number of rotatable bonds is 5. The van der Waals surface area contributed by atoms with Gasteiger partial charge in [0.05, 0.1) is 36.8 Å². The zero-order valence-corrected chi connectivity index (χ0v) is 22.3. The maximum absolute atomic E-state index is 12.9. The van der Waals surface area contributed by atoms with Gasteiger partial charge in [-0.05, 0) is 60.3 Å². The molecule has 3 heterocycles. The summed E-state index contributed by atoms with van der Waals surface area (Å²) in [5.41, 5.74) is 1.49. The van der Waals surface area contributed by atoms with Crippen molar-refractivity contribution in [1.82, 2.24) is 15.6 Å². The largest absolute Gasteiger partial charge is 0.299 e. The van der Waals surface area contributed by atoms with E-state index in [0.717, 1.165) is 16.7 Å². The maximum Gasteiger partial charge on any atom is 0.283 e. The lowest BCUT2D eigenvalue weighted by Gasteiger charge is -2.16. The molecule has 1 saturated heterocycles. The van der Waals surface area contributed by atoms with Crippen LogP contribution in [0.25, 0.3) is 16.3 Å². The number of thiocarbonyl (C=S) groups is 1. The second-order valence-corrected chi connectivity index (χ2v) is 11.2. The molecule has 0 aliphatic carbocycles. The highest BCUT2D eigenvalue weighted by Gasteiger charge is 2.36. The van der Waals surface area contributed by atoms with Crippen LogP contribution >= 0.6 is 35.3 Å². The molecular weight excluding hydrogens is 575 g/mol. The van der Waals surface area contributed by atoms with Crippen LogP contribution in [-0.2, 0) is 9.59 Å². The number of carbonyl (C=O) groups excluding carboxylic acids is 4. The minimum Gasteiger partial charge on any atom is -0.299 e. The number of hydrogen-bond donors (Lipinski definition) is 2. The molecule has 196 valence electrons. The molecule has 14 heteroatoms. The number of nitrogens with one attached hydrogen (secondary N) is 2. The topological polar surface area (TPSA) is 152 Å². The molecule has 4 aromatic rings. The average molecular weight is 588 g/mol. The molecule has 0 saturated carbocycles. The van der Waals surface area contributed by atoms with E-state index in [2.05, 4.69) is 15.6 Å². The lowest BCUT2D eigenvalue weighted by Crippen LogP contribution is -2.51. The molecular formula is C26H13N5O6S3. The van der Waals surface area contributed by atoms with Crippen molar-refractivity contribution >= 4 is 91.7 Å². The first-order valence-corrected chi connectivity index (χ1v) is 13.5. The smallest absolute Gasteiger partial charge is 0.283 e. The quantitative estimate of drug-likeness (QED) is 0.0879. The van der Waals surface area contributed by atoms with Gasteiger partial charge in [0.2, 0.25) is 0 Å². The Morgan fingerprint density at radius 2 is 1.62 bits per heavy atom. The predicted molar refractivity (Wildman–Crippen MR) is 151 cm³/mol. The van der Waals surface area contributed by atoms with E-state index in [0.29, 0.717) is 36.3 Å². The number of fused-ring (bicyclic) bond motifs is 2. The van der Waals surface area contributed by atoms with Gasteiger partial charge in [-0.1, -0.05) is 30.0 Å². The third kappa shape index (κ3) is 4.43. The number of nitro groups is 1. The van der Waals surface area contributed by atoms with Crippen molar-refractivity contribution in [3.63, 3.8) is 0 Å². The van der Waals surface area contributed by atoms with E-state index in [1.807, 2.05) is 0 Å². The minimum atomic E-state index is -0.704. The third-order valence-corrected chi connectivity index (χ3v) is 8.38. The monoisotopic (exact) mass is 587 g/mol. The van der Waals surface area contributed by atoms with Gasteiger partial charge in [-0.15, -0.1) is 11.3 Å². The Bertz CT molecular complexity index is 1820. The van der Waals surface area contributed by atoms with Gasteiger partial charge in [0.25, 0.3) is 29.3 Å². The summed E-state index contributed by atoms with van der Waals surface area (Å²) in [6, 6.07) is 15.9. The van der Waals surface area contributed by atoms with Gasteiger partial charge >= 0.3 is 0 Å². The fraction of sp³-hybridized carbons (Fsp3) is 0. The van der Waals surface area contributed by atoms with Crippen LogP contribution in [0.1, 0.15) is 26.3 Å². The number of hydrogen-bond acceptors (Lipinski definition) is 10. The Balaban J connectivity index is 1.29. The van der Waals surface area contributed by atoms with Gasteiger partial charge in [-0.3, -0.25) is 39.9 Å². The van der Waals surface area contributed by atoms with Gasteiger partial charge in [-0.25, -0.2) is 9.88 Å². The average Bonchev–Trinajstić information content (AvgIpc) is 3.43. The second kappa shape index (κ2) is 9.75. The summed E-state index contributed by atoms with van der Waals surface area (Å²) in [7, 11) is 0. The molecule has 2 N–H and O–H groups in total. The molecule has 3 aromatic carbocycles. The van der Waals surface area contributed by atoms with E-state index in [-0.39, 0.29) is 21.9 Å². The highest BCUT2D eigenvalue weighted by molar-refractivity contribution is 8.01. The lowest BCUT2D eigenvalue weighted by atomic mass is 10.1. The Kier molecular flexibility index (Phi) is 6.21. The SMILES string of the molecule is O=C1NC(=S)NC(=O)C1=Cc1ccc(Sc2nc3ccc(N4C(=O)c5ccccc5C4=O)cc3s2)c([N+](=O)[O-])c1. The van der Waals surface area contributed by atoms with Gasteiger partial charge in [0.15, 0.2) is 9.45 Å². The van der Waals surface area contributed by atoms with Crippen LogP contribution in [-0.4, -0.2) is 38.6 Å². The minimum absolute atomic E-state index is 0.114. The molecule has 2 aliphatic heterocycles. The number of benzene rings is 3. The summed E-state index contributed by atoms with van der Waals surface area (Å²) in [6.45, 7) is 0. The Morgan fingerprint density at radius 1 is 0.950 bits per heavy atom. The van der Waals surface area contributed by atoms with Gasteiger partial charge in [0.1, 0.15) is 5.57 Å². The molecule has 0 radical (unpaired) electrons. The molecule has 0 bridgehead atoms. The predicted octanol–water partition coefficient (Wildman–Crippen LogP) is 4.07. The lowest BCUT2D eigenvalue weighted by molar-refractivity contribution is -0.387. The summed E-state index contributed by atoms with van der Waals surface area (Å²) < 4.78 is 1.19. The fourth-order valence-corrected chi connectivity index (χ4v) is 6.55. The molecule has 4 amide bonds. The van der Waals surface area contributed by atoms with Crippen LogP contribution < -0.4 is 15.5 Å². The fourth-order valence-electron chi connectivity index (χ4n) is 4.22. The highest BCUT2D eigenvalue weighted by Crippen LogP contribution is 2.40. The van der Waals surface area contributed by atoms with E-state index in [9.17, 15) is 29.3 Å². The summed E-state index contributed by atoms with van der Waals surface area (Å²) in [6.07, 6.45) is 1.24. The zero-order valence-electron chi connectivity index (χ0n) is 19.9. The molecule has 0 unspecified atom stereocenters. The molecule has 0 spiro atoms. The standard InChI is InChI=1S/C26H13N5O6S3/c32-21-16(22(33)29-25(38)28-21)9-12-5-8-19(18(10-12)31(36)37)39-26-27-17-7-6-13(11-20(17)40-26)30-23(34)14-3-1-2-4-15(14)24(30)35/h1-11H,(H2,28,29,32,33,38). The Morgan fingerprint density at radius 3 is 2.27 bits per heavy atom. The number of amides is 4. The van der Waals surface area contributed by atoms with Crippen molar-refractivity contribution < 1.29 is 24.1 Å².